The van der Waals surface area contributed by atoms with Crippen LogP contribution in [0.25, 0.3) is 10.9 Å². The minimum Gasteiger partial charge on any atom is -0.494 e. The topological polar surface area (TPSA) is 25.0 Å². The summed E-state index contributed by atoms with van der Waals surface area (Å²) in [6.07, 6.45) is 5.21. The van der Waals surface area contributed by atoms with E-state index >= 15 is 0 Å². The molecule has 0 bridgehead atoms. The summed E-state index contributed by atoms with van der Waals surface area (Å²) in [5, 5.41) is 1.19. The van der Waals surface area contributed by atoms with E-state index in [0.29, 0.717) is 0 Å². The summed E-state index contributed by atoms with van der Waals surface area (Å²) in [5.74, 6) is 1.69. The highest BCUT2D eigenvalue weighted by Crippen LogP contribution is 2.19. The lowest BCUT2D eigenvalue weighted by atomic mass is 10.2. The van der Waals surface area contributed by atoms with Gasteiger partial charge in [-0.3, -0.25) is 0 Å². The molecule has 0 saturated carbocycles. The van der Waals surface area contributed by atoms with Gasteiger partial charge in [-0.1, -0.05) is 0 Å². The molecule has 0 amide bonds. The Labute approximate surface area is 101 Å². The first kappa shape index (κ1) is 11.3. The molecule has 2 nitrogen and oxygen atoms in total. The van der Waals surface area contributed by atoms with Crippen molar-refractivity contribution in [3.05, 3.63) is 30.5 Å². The van der Waals surface area contributed by atoms with Gasteiger partial charge >= 0.3 is 0 Å². The van der Waals surface area contributed by atoms with Crippen molar-refractivity contribution in [3.63, 3.8) is 0 Å². The molecule has 0 aliphatic rings. The predicted molar refractivity (Wildman–Crippen MR) is 68.4 cm³/mol. The summed E-state index contributed by atoms with van der Waals surface area (Å²) in [6.45, 7) is 0.771. The van der Waals surface area contributed by atoms with E-state index in [2.05, 4.69) is 17.1 Å². The summed E-state index contributed by atoms with van der Waals surface area (Å²) >= 11 is 5.61. The average Bonchev–Trinajstić information content (AvgIpc) is 2.76. The van der Waals surface area contributed by atoms with Crippen molar-refractivity contribution >= 4 is 22.5 Å². The van der Waals surface area contributed by atoms with Crippen LogP contribution in [0.15, 0.2) is 30.5 Å². The first-order valence-corrected chi connectivity index (χ1v) is 6.19. The highest BCUT2D eigenvalue weighted by molar-refractivity contribution is 6.17. The third-order valence-corrected chi connectivity index (χ3v) is 2.84. The fourth-order valence-electron chi connectivity index (χ4n) is 1.68. The van der Waals surface area contributed by atoms with Crippen LogP contribution in [0.4, 0.5) is 0 Å². The molecule has 1 aromatic carbocycles. The van der Waals surface area contributed by atoms with Crippen LogP contribution in [0.5, 0.6) is 5.75 Å². The zero-order valence-corrected chi connectivity index (χ0v) is 9.96. The molecule has 2 rings (SSSR count). The van der Waals surface area contributed by atoms with Crippen LogP contribution in [-0.2, 0) is 0 Å². The lowest BCUT2D eigenvalue weighted by Crippen LogP contribution is -1.97. The average molecular weight is 238 g/mol. The molecule has 0 unspecified atom stereocenters. The van der Waals surface area contributed by atoms with E-state index in [9.17, 15) is 0 Å². The molecule has 1 heterocycles. The third kappa shape index (κ3) is 2.92. The minimum atomic E-state index is 0.745. The molecular formula is C13H16ClNO. The molecule has 3 heteroatoms. The Morgan fingerprint density at radius 3 is 2.94 bits per heavy atom. The van der Waals surface area contributed by atoms with Gasteiger partial charge in [-0.25, -0.2) is 0 Å². The normalized spacial score (nSPS) is 10.8. The second kappa shape index (κ2) is 5.80. The van der Waals surface area contributed by atoms with Gasteiger partial charge in [-0.15, -0.1) is 11.6 Å². The molecule has 86 valence electrons. The molecule has 0 fully saturated rings. The van der Waals surface area contributed by atoms with Crippen molar-refractivity contribution in [3.8, 4) is 5.75 Å². The molecule has 0 aliphatic heterocycles. The van der Waals surface area contributed by atoms with Crippen molar-refractivity contribution < 1.29 is 4.74 Å². The van der Waals surface area contributed by atoms with Gasteiger partial charge in [0.2, 0.25) is 0 Å². The second-order valence-corrected chi connectivity index (χ2v) is 4.20. The standard InChI is InChI=1S/C13H16ClNO/c14-7-2-1-3-9-16-12-4-5-13-11(10-12)6-8-15-13/h4-6,8,10,15H,1-3,7,9H2. The fraction of sp³-hybridized carbons (Fsp3) is 0.385. The minimum absolute atomic E-state index is 0.745. The van der Waals surface area contributed by atoms with Crippen molar-refractivity contribution in [2.75, 3.05) is 12.5 Å². The Kier molecular flexibility index (Phi) is 4.11. The number of nitrogens with one attached hydrogen (secondary N) is 1. The monoisotopic (exact) mass is 237 g/mol. The molecule has 2 aromatic rings. The van der Waals surface area contributed by atoms with E-state index in [1.54, 1.807) is 0 Å². The Bertz CT molecular complexity index is 438. The predicted octanol–water partition coefficient (Wildman–Crippen LogP) is 3.96. The smallest absolute Gasteiger partial charge is 0.120 e. The number of halogens is 1. The van der Waals surface area contributed by atoms with E-state index in [1.165, 1.54) is 5.39 Å². The van der Waals surface area contributed by atoms with Crippen LogP contribution in [0.2, 0.25) is 0 Å². The lowest BCUT2D eigenvalue weighted by Gasteiger charge is -2.05. The van der Waals surface area contributed by atoms with Crippen LogP contribution in [0.3, 0.4) is 0 Å². The Hall–Kier alpha value is -1.15. The van der Waals surface area contributed by atoms with E-state index < -0.39 is 0 Å². The molecule has 0 radical (unpaired) electrons. The highest BCUT2D eigenvalue weighted by atomic mass is 35.5. The summed E-state index contributed by atoms with van der Waals surface area (Å²) in [7, 11) is 0. The van der Waals surface area contributed by atoms with Gasteiger partial charge in [0.15, 0.2) is 0 Å². The van der Waals surface area contributed by atoms with Gasteiger partial charge in [0.1, 0.15) is 5.75 Å². The summed E-state index contributed by atoms with van der Waals surface area (Å²) in [5.41, 5.74) is 1.15. The van der Waals surface area contributed by atoms with Gasteiger partial charge in [0.25, 0.3) is 0 Å². The van der Waals surface area contributed by atoms with E-state index in [0.717, 1.165) is 43.0 Å². The maximum atomic E-state index is 5.67. The number of ether oxygens (including phenoxy) is 1. The number of rotatable bonds is 6. The number of H-pyrrole nitrogens is 1. The van der Waals surface area contributed by atoms with Crippen LogP contribution in [0, 0.1) is 0 Å². The number of alkyl halides is 1. The lowest BCUT2D eigenvalue weighted by molar-refractivity contribution is 0.307. The zero-order valence-electron chi connectivity index (χ0n) is 9.21. The largest absolute Gasteiger partial charge is 0.494 e. The first-order chi connectivity index (χ1) is 7.90. The summed E-state index contributed by atoms with van der Waals surface area (Å²) < 4.78 is 5.67. The van der Waals surface area contributed by atoms with Gasteiger partial charge in [-0.2, -0.15) is 0 Å². The SMILES string of the molecule is ClCCCCCOc1ccc2[nH]ccc2c1. The molecule has 0 atom stereocenters. The molecule has 0 aliphatic carbocycles. The van der Waals surface area contributed by atoms with Crippen molar-refractivity contribution in [1.82, 2.24) is 4.98 Å². The number of unbranched alkanes of at least 4 members (excludes halogenated alkanes) is 2. The van der Waals surface area contributed by atoms with Gasteiger partial charge in [0.05, 0.1) is 6.61 Å². The van der Waals surface area contributed by atoms with Gasteiger partial charge in [-0.05, 0) is 43.5 Å². The second-order valence-electron chi connectivity index (χ2n) is 3.82. The Morgan fingerprint density at radius 2 is 2.06 bits per heavy atom. The third-order valence-electron chi connectivity index (χ3n) is 2.57. The van der Waals surface area contributed by atoms with Crippen LogP contribution < -0.4 is 4.74 Å². The van der Waals surface area contributed by atoms with E-state index in [4.69, 9.17) is 16.3 Å². The van der Waals surface area contributed by atoms with Gasteiger partial charge < -0.3 is 9.72 Å². The summed E-state index contributed by atoms with van der Waals surface area (Å²) in [6, 6.07) is 8.16. The number of fused-ring (bicyclic) bond motifs is 1. The maximum Gasteiger partial charge on any atom is 0.120 e. The molecule has 1 N–H and O–H groups in total. The fourth-order valence-corrected chi connectivity index (χ4v) is 1.87. The molecule has 16 heavy (non-hydrogen) atoms. The van der Waals surface area contributed by atoms with E-state index in [1.807, 2.05) is 18.3 Å². The quantitative estimate of drug-likeness (QED) is 0.597. The highest BCUT2D eigenvalue weighted by Gasteiger charge is 1.97. The van der Waals surface area contributed by atoms with Crippen LogP contribution >= 0.6 is 11.6 Å². The molecule has 0 spiro atoms. The number of aromatic nitrogens is 1. The van der Waals surface area contributed by atoms with Crippen molar-refractivity contribution in [1.29, 1.82) is 0 Å². The van der Waals surface area contributed by atoms with Crippen LogP contribution in [-0.4, -0.2) is 17.5 Å². The summed E-state index contributed by atoms with van der Waals surface area (Å²) in [4.78, 5) is 3.16. The molecule has 0 saturated heterocycles. The van der Waals surface area contributed by atoms with Crippen LogP contribution in [0.1, 0.15) is 19.3 Å². The number of aromatic amines is 1. The molecular weight excluding hydrogens is 222 g/mol. The zero-order chi connectivity index (χ0) is 11.2. The maximum absolute atomic E-state index is 5.67. The Morgan fingerprint density at radius 1 is 1.12 bits per heavy atom. The van der Waals surface area contributed by atoms with Crippen molar-refractivity contribution in [2.45, 2.75) is 19.3 Å². The Balaban J connectivity index is 1.84. The van der Waals surface area contributed by atoms with Crippen molar-refractivity contribution in [2.24, 2.45) is 0 Å². The van der Waals surface area contributed by atoms with E-state index in [-0.39, 0.29) is 0 Å². The number of hydrogen-bond donors (Lipinski definition) is 1. The van der Waals surface area contributed by atoms with Gasteiger partial charge in [0, 0.05) is 23.0 Å². The number of hydrogen-bond acceptors (Lipinski definition) is 1. The first-order valence-electron chi connectivity index (χ1n) is 5.66. The number of benzene rings is 1. The molecule has 1 aromatic heterocycles.